The van der Waals surface area contributed by atoms with Gasteiger partial charge in [0.25, 0.3) is 0 Å². The van der Waals surface area contributed by atoms with Crippen molar-refractivity contribution in [2.75, 3.05) is 14.2 Å². The standard InChI is InChI=1S/C18H22BrNO/c1-13-4-6-14(7-5-13)10-16(20-2)11-15-8-9-18(21-3)17(19)12-15/h4-9,12,16,20H,10-11H2,1-3H3. The smallest absolute Gasteiger partial charge is 0.133 e. The molecule has 3 heteroatoms. The Bertz CT molecular complexity index is 580. The Morgan fingerprint density at radius 1 is 1.05 bits per heavy atom. The van der Waals surface area contributed by atoms with Gasteiger partial charge in [-0.3, -0.25) is 0 Å². The van der Waals surface area contributed by atoms with Crippen LogP contribution >= 0.6 is 15.9 Å². The minimum Gasteiger partial charge on any atom is -0.496 e. The summed E-state index contributed by atoms with van der Waals surface area (Å²) in [6.07, 6.45) is 2.02. The molecule has 2 rings (SSSR count). The van der Waals surface area contributed by atoms with Gasteiger partial charge in [0.05, 0.1) is 11.6 Å². The molecule has 0 aromatic heterocycles. The summed E-state index contributed by atoms with van der Waals surface area (Å²) in [6, 6.07) is 15.5. The molecule has 0 saturated heterocycles. The Balaban J connectivity index is 2.05. The monoisotopic (exact) mass is 347 g/mol. The maximum atomic E-state index is 5.28. The van der Waals surface area contributed by atoms with E-state index in [9.17, 15) is 0 Å². The van der Waals surface area contributed by atoms with Crippen molar-refractivity contribution >= 4 is 15.9 Å². The molecular weight excluding hydrogens is 326 g/mol. The zero-order valence-electron chi connectivity index (χ0n) is 12.8. The molecular formula is C18H22BrNO. The van der Waals surface area contributed by atoms with Gasteiger partial charge < -0.3 is 10.1 Å². The maximum Gasteiger partial charge on any atom is 0.133 e. The van der Waals surface area contributed by atoms with Gasteiger partial charge in [0.2, 0.25) is 0 Å². The molecule has 2 aromatic carbocycles. The number of methoxy groups -OCH3 is 1. The molecule has 0 saturated carbocycles. The van der Waals surface area contributed by atoms with Crippen LogP contribution in [0.2, 0.25) is 0 Å². The van der Waals surface area contributed by atoms with Gasteiger partial charge in [0.1, 0.15) is 5.75 Å². The lowest BCUT2D eigenvalue weighted by atomic mass is 9.98. The van der Waals surface area contributed by atoms with E-state index in [-0.39, 0.29) is 0 Å². The quantitative estimate of drug-likeness (QED) is 0.847. The number of aryl methyl sites for hydroxylation is 1. The van der Waals surface area contributed by atoms with E-state index < -0.39 is 0 Å². The normalized spacial score (nSPS) is 12.2. The number of ether oxygens (including phenoxy) is 1. The van der Waals surface area contributed by atoms with Crippen LogP contribution in [0, 0.1) is 6.92 Å². The molecule has 1 atom stereocenters. The van der Waals surface area contributed by atoms with Crippen LogP contribution in [0.15, 0.2) is 46.9 Å². The summed E-state index contributed by atoms with van der Waals surface area (Å²) in [5.74, 6) is 0.873. The molecule has 2 nitrogen and oxygen atoms in total. The lowest BCUT2D eigenvalue weighted by Crippen LogP contribution is -2.29. The van der Waals surface area contributed by atoms with Crippen molar-refractivity contribution in [3.8, 4) is 5.75 Å². The average molecular weight is 348 g/mol. The number of rotatable bonds is 6. The molecule has 0 fully saturated rings. The first-order chi connectivity index (χ1) is 10.1. The van der Waals surface area contributed by atoms with Crippen molar-refractivity contribution in [3.05, 3.63) is 63.6 Å². The van der Waals surface area contributed by atoms with Gasteiger partial charge in [-0.15, -0.1) is 0 Å². The first-order valence-electron chi connectivity index (χ1n) is 7.17. The highest BCUT2D eigenvalue weighted by Crippen LogP contribution is 2.26. The molecule has 0 bridgehead atoms. The third-order valence-corrected chi connectivity index (χ3v) is 4.33. The molecule has 0 aliphatic rings. The van der Waals surface area contributed by atoms with Crippen LogP contribution in [-0.4, -0.2) is 20.2 Å². The predicted octanol–water partition coefficient (Wildman–Crippen LogP) is 4.14. The van der Waals surface area contributed by atoms with Crippen LogP contribution in [-0.2, 0) is 12.8 Å². The number of halogens is 1. The SMILES string of the molecule is CNC(Cc1ccc(C)cc1)Cc1ccc(OC)c(Br)c1. The van der Waals surface area contributed by atoms with Gasteiger partial charge in [0.15, 0.2) is 0 Å². The van der Waals surface area contributed by atoms with Crippen molar-refractivity contribution in [1.82, 2.24) is 5.32 Å². The largest absolute Gasteiger partial charge is 0.496 e. The molecule has 0 amide bonds. The lowest BCUT2D eigenvalue weighted by molar-refractivity contribution is 0.412. The van der Waals surface area contributed by atoms with Crippen LogP contribution in [0.4, 0.5) is 0 Å². The van der Waals surface area contributed by atoms with Gasteiger partial charge in [-0.2, -0.15) is 0 Å². The van der Waals surface area contributed by atoms with Crippen LogP contribution < -0.4 is 10.1 Å². The van der Waals surface area contributed by atoms with Crippen molar-refractivity contribution in [1.29, 1.82) is 0 Å². The molecule has 0 radical (unpaired) electrons. The van der Waals surface area contributed by atoms with E-state index >= 15 is 0 Å². The highest BCUT2D eigenvalue weighted by molar-refractivity contribution is 9.10. The number of benzene rings is 2. The van der Waals surface area contributed by atoms with Crippen LogP contribution in [0.3, 0.4) is 0 Å². The summed E-state index contributed by atoms with van der Waals surface area (Å²) in [6.45, 7) is 2.12. The lowest BCUT2D eigenvalue weighted by Gasteiger charge is -2.17. The van der Waals surface area contributed by atoms with Crippen molar-refractivity contribution in [3.63, 3.8) is 0 Å². The first kappa shape index (κ1) is 16.1. The molecule has 0 aliphatic carbocycles. The summed E-state index contributed by atoms with van der Waals surface area (Å²) < 4.78 is 6.28. The summed E-state index contributed by atoms with van der Waals surface area (Å²) in [7, 11) is 3.71. The van der Waals surface area contributed by atoms with Crippen LogP contribution in [0.5, 0.6) is 5.75 Å². The van der Waals surface area contributed by atoms with E-state index in [2.05, 4.69) is 64.6 Å². The molecule has 0 aliphatic heterocycles. The Labute approximate surface area is 135 Å². The Kier molecular flexibility index (Phi) is 5.83. The zero-order valence-corrected chi connectivity index (χ0v) is 14.4. The van der Waals surface area contributed by atoms with E-state index in [1.54, 1.807) is 7.11 Å². The second-order valence-electron chi connectivity index (χ2n) is 5.35. The Hall–Kier alpha value is -1.32. The van der Waals surface area contributed by atoms with E-state index in [1.807, 2.05) is 13.1 Å². The second-order valence-corrected chi connectivity index (χ2v) is 6.20. The molecule has 1 N–H and O–H groups in total. The molecule has 2 aromatic rings. The third-order valence-electron chi connectivity index (χ3n) is 3.71. The first-order valence-corrected chi connectivity index (χ1v) is 7.97. The fourth-order valence-electron chi connectivity index (χ4n) is 2.41. The second kappa shape index (κ2) is 7.62. The van der Waals surface area contributed by atoms with Gasteiger partial charge in [-0.25, -0.2) is 0 Å². The fourth-order valence-corrected chi connectivity index (χ4v) is 2.99. The van der Waals surface area contributed by atoms with Gasteiger partial charge in [-0.05, 0) is 66.0 Å². The van der Waals surface area contributed by atoms with Crippen molar-refractivity contribution in [2.24, 2.45) is 0 Å². The summed E-state index contributed by atoms with van der Waals surface area (Å²) in [5, 5.41) is 3.42. The third kappa shape index (κ3) is 4.58. The maximum absolute atomic E-state index is 5.28. The fraction of sp³-hybridized carbons (Fsp3) is 0.333. The van der Waals surface area contributed by atoms with Crippen LogP contribution in [0.25, 0.3) is 0 Å². The average Bonchev–Trinajstić information content (AvgIpc) is 2.49. The summed E-state index contributed by atoms with van der Waals surface area (Å²) in [5.41, 5.74) is 3.97. The Morgan fingerprint density at radius 3 is 2.24 bits per heavy atom. The molecule has 0 spiro atoms. The topological polar surface area (TPSA) is 21.3 Å². The van der Waals surface area contributed by atoms with Crippen molar-refractivity contribution in [2.45, 2.75) is 25.8 Å². The molecule has 112 valence electrons. The zero-order chi connectivity index (χ0) is 15.2. The van der Waals surface area contributed by atoms with Crippen molar-refractivity contribution < 1.29 is 4.74 Å². The van der Waals surface area contributed by atoms with Crippen LogP contribution in [0.1, 0.15) is 16.7 Å². The van der Waals surface area contributed by atoms with E-state index in [4.69, 9.17) is 4.74 Å². The molecule has 21 heavy (non-hydrogen) atoms. The number of nitrogens with one attached hydrogen (secondary N) is 1. The number of likely N-dealkylation sites (N-methyl/N-ethyl adjacent to an activating group) is 1. The number of hydrogen-bond acceptors (Lipinski definition) is 2. The molecule has 0 heterocycles. The van der Waals surface area contributed by atoms with E-state index in [0.717, 1.165) is 23.1 Å². The van der Waals surface area contributed by atoms with E-state index in [1.165, 1.54) is 16.7 Å². The Morgan fingerprint density at radius 2 is 1.67 bits per heavy atom. The van der Waals surface area contributed by atoms with Gasteiger partial charge in [0, 0.05) is 6.04 Å². The molecule has 1 unspecified atom stereocenters. The summed E-state index contributed by atoms with van der Waals surface area (Å²) >= 11 is 3.55. The predicted molar refractivity (Wildman–Crippen MR) is 92.1 cm³/mol. The minimum atomic E-state index is 0.424. The van der Waals surface area contributed by atoms with Gasteiger partial charge >= 0.3 is 0 Å². The van der Waals surface area contributed by atoms with Gasteiger partial charge in [-0.1, -0.05) is 35.9 Å². The highest BCUT2D eigenvalue weighted by atomic mass is 79.9. The minimum absolute atomic E-state index is 0.424. The number of hydrogen-bond donors (Lipinski definition) is 1. The highest BCUT2D eigenvalue weighted by Gasteiger charge is 2.10. The van der Waals surface area contributed by atoms with E-state index in [0.29, 0.717) is 6.04 Å². The summed E-state index contributed by atoms with van der Waals surface area (Å²) in [4.78, 5) is 0.